The molecule has 0 spiro atoms. The number of amidine groups is 1. The Bertz CT molecular complexity index is 445. The van der Waals surface area contributed by atoms with Crippen LogP contribution in [0.2, 0.25) is 0 Å². The van der Waals surface area contributed by atoms with Gasteiger partial charge < -0.3 is 10.1 Å². The first-order valence-electron chi connectivity index (χ1n) is 6.64. The number of aliphatic imine (C=N–C) groups is 1. The standard InChI is InChI=1S/C15H22N2OS/c1-15(2)10-17-14(19-11-15)16-9-8-12-6-4-5-7-13(12)18-3/h4-7H,8-11H2,1-3H3,(H,16,17). The van der Waals surface area contributed by atoms with Crippen molar-refractivity contribution in [2.45, 2.75) is 20.3 Å². The molecule has 0 aromatic heterocycles. The average Bonchev–Trinajstić information content (AvgIpc) is 2.41. The lowest BCUT2D eigenvalue weighted by molar-refractivity contribution is 0.409. The van der Waals surface area contributed by atoms with E-state index in [9.17, 15) is 0 Å². The molecule has 0 bridgehead atoms. The summed E-state index contributed by atoms with van der Waals surface area (Å²) in [5.74, 6) is 2.08. The second-order valence-corrected chi connectivity index (χ2v) is 6.52. The highest BCUT2D eigenvalue weighted by atomic mass is 32.2. The molecular weight excluding hydrogens is 256 g/mol. The first-order chi connectivity index (χ1) is 9.11. The topological polar surface area (TPSA) is 33.6 Å². The average molecular weight is 278 g/mol. The molecule has 1 heterocycles. The Morgan fingerprint density at radius 2 is 2.16 bits per heavy atom. The predicted molar refractivity (Wildman–Crippen MR) is 83.2 cm³/mol. The zero-order valence-electron chi connectivity index (χ0n) is 11.9. The molecular formula is C15H22N2OS. The highest BCUT2D eigenvalue weighted by Gasteiger charge is 2.24. The molecule has 0 radical (unpaired) electrons. The molecule has 1 fully saturated rings. The fraction of sp³-hybridized carbons (Fsp3) is 0.533. The van der Waals surface area contributed by atoms with E-state index in [1.165, 1.54) is 5.56 Å². The summed E-state index contributed by atoms with van der Waals surface area (Å²) in [6, 6.07) is 8.14. The predicted octanol–water partition coefficient (Wildman–Crippen LogP) is 2.96. The van der Waals surface area contributed by atoms with Gasteiger partial charge in [-0.15, -0.1) is 0 Å². The Labute approximate surface area is 119 Å². The number of hydrogen-bond acceptors (Lipinski definition) is 3. The molecule has 19 heavy (non-hydrogen) atoms. The molecule has 0 unspecified atom stereocenters. The molecule has 0 amide bonds. The van der Waals surface area contributed by atoms with Crippen molar-refractivity contribution in [3.63, 3.8) is 0 Å². The van der Waals surface area contributed by atoms with Gasteiger partial charge in [-0.05, 0) is 23.5 Å². The Kier molecular flexibility index (Phi) is 4.75. The fourth-order valence-corrected chi connectivity index (χ4v) is 2.96. The molecule has 4 heteroatoms. The quantitative estimate of drug-likeness (QED) is 0.919. The minimum absolute atomic E-state index is 0.367. The Morgan fingerprint density at radius 3 is 2.84 bits per heavy atom. The van der Waals surface area contributed by atoms with E-state index < -0.39 is 0 Å². The molecule has 2 rings (SSSR count). The van der Waals surface area contributed by atoms with Crippen LogP contribution in [-0.4, -0.2) is 31.1 Å². The van der Waals surface area contributed by atoms with Crippen molar-refractivity contribution in [3.05, 3.63) is 29.8 Å². The van der Waals surface area contributed by atoms with Crippen molar-refractivity contribution < 1.29 is 4.74 Å². The minimum Gasteiger partial charge on any atom is -0.496 e. The van der Waals surface area contributed by atoms with Crippen LogP contribution < -0.4 is 10.1 Å². The van der Waals surface area contributed by atoms with Crippen LogP contribution in [0.3, 0.4) is 0 Å². The Hall–Kier alpha value is -1.16. The van der Waals surface area contributed by atoms with Crippen molar-refractivity contribution in [2.24, 2.45) is 10.4 Å². The van der Waals surface area contributed by atoms with Gasteiger partial charge in [0.15, 0.2) is 5.17 Å². The van der Waals surface area contributed by atoms with E-state index in [1.54, 1.807) is 7.11 Å². The van der Waals surface area contributed by atoms with Gasteiger partial charge in [0.1, 0.15) is 5.75 Å². The zero-order valence-corrected chi connectivity index (χ0v) is 12.7. The summed E-state index contributed by atoms with van der Waals surface area (Å²) < 4.78 is 5.35. The van der Waals surface area contributed by atoms with Gasteiger partial charge in [0.05, 0.1) is 7.11 Å². The molecule has 0 saturated carbocycles. The molecule has 1 N–H and O–H groups in total. The summed E-state index contributed by atoms with van der Waals surface area (Å²) in [6.45, 7) is 6.36. The lowest BCUT2D eigenvalue weighted by Gasteiger charge is -2.30. The largest absolute Gasteiger partial charge is 0.496 e. The minimum atomic E-state index is 0.367. The Morgan fingerprint density at radius 1 is 1.37 bits per heavy atom. The van der Waals surface area contributed by atoms with E-state index in [1.807, 2.05) is 30.0 Å². The third-order valence-corrected chi connectivity index (χ3v) is 4.62. The highest BCUT2D eigenvalue weighted by Crippen LogP contribution is 2.25. The normalized spacial score (nSPS) is 20.1. The van der Waals surface area contributed by atoms with Crippen molar-refractivity contribution in [1.29, 1.82) is 0 Å². The number of nitrogens with zero attached hydrogens (tertiary/aromatic N) is 1. The SMILES string of the molecule is COc1ccccc1CC/N=C1/NCC(C)(C)CS1. The van der Waals surface area contributed by atoms with Crippen LogP contribution in [0, 0.1) is 5.41 Å². The smallest absolute Gasteiger partial charge is 0.156 e. The molecule has 1 saturated heterocycles. The number of para-hydroxylation sites is 1. The van der Waals surface area contributed by atoms with Crippen LogP contribution in [0.25, 0.3) is 0 Å². The van der Waals surface area contributed by atoms with Crippen LogP contribution in [0.1, 0.15) is 19.4 Å². The van der Waals surface area contributed by atoms with E-state index in [0.717, 1.165) is 36.2 Å². The molecule has 3 nitrogen and oxygen atoms in total. The number of thioether (sulfide) groups is 1. The second kappa shape index (κ2) is 6.33. The van der Waals surface area contributed by atoms with E-state index >= 15 is 0 Å². The summed E-state index contributed by atoms with van der Waals surface area (Å²) in [4.78, 5) is 4.63. The van der Waals surface area contributed by atoms with Crippen molar-refractivity contribution in [1.82, 2.24) is 5.32 Å². The number of methoxy groups -OCH3 is 1. The highest BCUT2D eigenvalue weighted by molar-refractivity contribution is 8.13. The van der Waals surface area contributed by atoms with E-state index in [-0.39, 0.29) is 0 Å². The third-order valence-electron chi connectivity index (χ3n) is 3.15. The maximum Gasteiger partial charge on any atom is 0.156 e. The number of hydrogen-bond donors (Lipinski definition) is 1. The first kappa shape index (κ1) is 14.3. The van der Waals surface area contributed by atoms with E-state index in [2.05, 4.69) is 30.2 Å². The van der Waals surface area contributed by atoms with Gasteiger partial charge in [-0.3, -0.25) is 4.99 Å². The summed E-state index contributed by atoms with van der Waals surface area (Å²) >= 11 is 1.82. The van der Waals surface area contributed by atoms with Gasteiger partial charge in [0.25, 0.3) is 0 Å². The van der Waals surface area contributed by atoms with Gasteiger partial charge in [0, 0.05) is 18.8 Å². The van der Waals surface area contributed by atoms with E-state index in [4.69, 9.17) is 4.74 Å². The molecule has 0 aliphatic carbocycles. The van der Waals surface area contributed by atoms with Gasteiger partial charge >= 0.3 is 0 Å². The van der Waals surface area contributed by atoms with Crippen molar-refractivity contribution in [2.75, 3.05) is 26.0 Å². The molecule has 1 aromatic rings. The van der Waals surface area contributed by atoms with Crippen LogP contribution in [0.4, 0.5) is 0 Å². The molecule has 1 aliphatic rings. The van der Waals surface area contributed by atoms with Crippen LogP contribution in [0.15, 0.2) is 29.3 Å². The molecule has 104 valence electrons. The maximum atomic E-state index is 5.35. The van der Waals surface area contributed by atoms with Gasteiger partial charge in [0.2, 0.25) is 0 Å². The van der Waals surface area contributed by atoms with Crippen molar-refractivity contribution in [3.8, 4) is 5.75 Å². The summed E-state index contributed by atoms with van der Waals surface area (Å²) in [6.07, 6.45) is 0.916. The zero-order chi connectivity index (χ0) is 13.7. The third kappa shape index (κ3) is 4.16. The lowest BCUT2D eigenvalue weighted by atomic mass is 9.96. The Balaban J connectivity index is 1.86. The van der Waals surface area contributed by atoms with Crippen molar-refractivity contribution >= 4 is 16.9 Å². The second-order valence-electron chi connectivity index (χ2n) is 5.56. The number of rotatable bonds is 4. The number of benzene rings is 1. The maximum absolute atomic E-state index is 5.35. The van der Waals surface area contributed by atoms with E-state index in [0.29, 0.717) is 5.41 Å². The lowest BCUT2D eigenvalue weighted by Crippen LogP contribution is -2.40. The van der Waals surface area contributed by atoms with Gasteiger partial charge in [-0.1, -0.05) is 43.8 Å². The summed E-state index contributed by atoms with van der Waals surface area (Å²) in [5, 5.41) is 4.48. The van der Waals surface area contributed by atoms with Crippen LogP contribution in [0.5, 0.6) is 5.75 Å². The molecule has 1 aliphatic heterocycles. The van der Waals surface area contributed by atoms with Crippen LogP contribution >= 0.6 is 11.8 Å². The molecule has 0 atom stereocenters. The monoisotopic (exact) mass is 278 g/mol. The van der Waals surface area contributed by atoms with Crippen LogP contribution in [-0.2, 0) is 6.42 Å². The number of nitrogens with one attached hydrogen (secondary N) is 1. The number of ether oxygens (including phenoxy) is 1. The van der Waals surface area contributed by atoms with Gasteiger partial charge in [-0.2, -0.15) is 0 Å². The van der Waals surface area contributed by atoms with Gasteiger partial charge in [-0.25, -0.2) is 0 Å². The fourth-order valence-electron chi connectivity index (χ4n) is 1.97. The first-order valence-corrected chi connectivity index (χ1v) is 7.62. The molecule has 1 aromatic carbocycles. The summed E-state index contributed by atoms with van der Waals surface area (Å²) in [5.41, 5.74) is 1.59. The summed E-state index contributed by atoms with van der Waals surface area (Å²) in [7, 11) is 1.71.